The van der Waals surface area contributed by atoms with Crippen molar-refractivity contribution < 1.29 is 48.0 Å². The number of alkyl carbamates (subject to hydrolysis) is 1. The number of methoxy groups -OCH3 is 4. The molecule has 0 spiro atoms. The summed E-state index contributed by atoms with van der Waals surface area (Å²) in [5.41, 5.74) is 6.26. The molecule has 2 fully saturated rings. The SMILES string of the molecule is COC[C@H]1C[C@@H](c2nc3ccc4cc5c(cc4c3[nH]2)OCc2cc(-c3cnc([C@@H]4C[C@H](C)CN4C(=O)[C@@H](NC(=O)OC)[C@@H](C)OC)[nH]3)ccc2-5)N(C(=O)[C@@H](NC(=O)O)[C@@H](C)OC)C1. The van der Waals surface area contributed by atoms with E-state index in [1.807, 2.05) is 24.3 Å². The summed E-state index contributed by atoms with van der Waals surface area (Å²) < 4.78 is 27.5. The van der Waals surface area contributed by atoms with Crippen molar-refractivity contribution in [2.45, 2.75) is 76.6 Å². The lowest BCUT2D eigenvalue weighted by Gasteiger charge is -2.30. The molecule has 18 heteroatoms. The number of nitrogens with one attached hydrogen (secondary N) is 4. The second kappa shape index (κ2) is 17.9. The van der Waals surface area contributed by atoms with E-state index >= 15 is 0 Å². The summed E-state index contributed by atoms with van der Waals surface area (Å²) in [6, 6.07) is 11.5. The number of likely N-dealkylation sites (tertiary alicyclic amines) is 2. The van der Waals surface area contributed by atoms with Gasteiger partial charge in [0.1, 0.15) is 36.1 Å². The number of ether oxygens (including phenoxy) is 5. The van der Waals surface area contributed by atoms with Gasteiger partial charge in [-0.25, -0.2) is 19.6 Å². The van der Waals surface area contributed by atoms with Crippen molar-refractivity contribution >= 4 is 45.8 Å². The Kier molecular flexibility index (Phi) is 12.3. The molecule has 3 aliphatic rings. The quantitative estimate of drug-likeness (QED) is 0.0985. The Balaban J connectivity index is 1.05. The largest absolute Gasteiger partial charge is 0.488 e. The highest BCUT2D eigenvalue weighted by atomic mass is 16.5. The molecule has 0 bridgehead atoms. The first-order chi connectivity index (χ1) is 30.3. The van der Waals surface area contributed by atoms with E-state index in [1.54, 1.807) is 37.0 Å². The first kappa shape index (κ1) is 43.4. The topological polar surface area (TPSA) is 223 Å². The Labute approximate surface area is 364 Å². The molecular weight excluding hydrogens is 813 g/mol. The molecule has 5 aromatic rings. The minimum absolute atomic E-state index is 0.0206. The van der Waals surface area contributed by atoms with Crippen LogP contribution in [0.25, 0.3) is 44.2 Å². The van der Waals surface area contributed by atoms with Crippen LogP contribution in [0, 0.1) is 11.8 Å². The maximum absolute atomic E-state index is 14.0. The summed E-state index contributed by atoms with van der Waals surface area (Å²) in [5, 5.41) is 16.4. The normalized spacial score (nSPS) is 21.3. The van der Waals surface area contributed by atoms with Crippen LogP contribution in [0.5, 0.6) is 5.75 Å². The molecule has 63 heavy (non-hydrogen) atoms. The van der Waals surface area contributed by atoms with Gasteiger partial charge in [0.05, 0.1) is 60.9 Å². The number of fused-ring (bicyclic) bond motifs is 6. The van der Waals surface area contributed by atoms with Crippen LogP contribution in [-0.2, 0) is 35.1 Å². The molecule has 3 aliphatic heterocycles. The average Bonchev–Trinajstić information content (AvgIpc) is 4.11. The average molecular weight is 867 g/mol. The number of H-pyrrole nitrogens is 2. The predicted octanol–water partition coefficient (Wildman–Crippen LogP) is 5.54. The van der Waals surface area contributed by atoms with Gasteiger partial charge in [0.25, 0.3) is 0 Å². The number of rotatable bonds is 13. The zero-order valence-electron chi connectivity index (χ0n) is 36.4. The maximum Gasteiger partial charge on any atom is 0.407 e. The predicted molar refractivity (Wildman–Crippen MR) is 231 cm³/mol. The highest BCUT2D eigenvalue weighted by Crippen LogP contribution is 2.44. The number of aromatic nitrogens is 4. The fourth-order valence-corrected chi connectivity index (χ4v) is 9.33. The summed E-state index contributed by atoms with van der Waals surface area (Å²) in [6.45, 7) is 7.13. The van der Waals surface area contributed by atoms with Gasteiger partial charge in [-0.3, -0.25) is 9.59 Å². The molecule has 8 rings (SSSR count). The van der Waals surface area contributed by atoms with Gasteiger partial charge < -0.3 is 59.2 Å². The van der Waals surface area contributed by atoms with Crippen LogP contribution >= 0.6 is 0 Å². The molecular formula is C45H54N8O10. The highest BCUT2D eigenvalue weighted by Gasteiger charge is 2.43. The second-order valence-corrected chi connectivity index (χ2v) is 16.8. The fourth-order valence-electron chi connectivity index (χ4n) is 9.33. The van der Waals surface area contributed by atoms with Gasteiger partial charge in [0, 0.05) is 51.3 Å². The lowest BCUT2D eigenvalue weighted by Crippen LogP contribution is -2.54. The van der Waals surface area contributed by atoms with Crippen LogP contribution in [0.4, 0.5) is 9.59 Å². The maximum atomic E-state index is 14.0. The first-order valence-electron chi connectivity index (χ1n) is 21.1. The van der Waals surface area contributed by atoms with Crippen molar-refractivity contribution in [1.29, 1.82) is 0 Å². The van der Waals surface area contributed by atoms with Crippen molar-refractivity contribution in [2.75, 3.05) is 48.1 Å². The number of hydrogen-bond donors (Lipinski definition) is 5. The molecule has 0 saturated carbocycles. The monoisotopic (exact) mass is 866 g/mol. The van der Waals surface area contributed by atoms with Gasteiger partial charge in [-0.15, -0.1) is 0 Å². The third kappa shape index (κ3) is 8.37. The summed E-state index contributed by atoms with van der Waals surface area (Å²) >= 11 is 0. The van der Waals surface area contributed by atoms with E-state index in [0.29, 0.717) is 50.8 Å². The van der Waals surface area contributed by atoms with Gasteiger partial charge in [0.15, 0.2) is 0 Å². The Morgan fingerprint density at radius 2 is 1.59 bits per heavy atom. The molecule has 0 aliphatic carbocycles. The van der Waals surface area contributed by atoms with Crippen LogP contribution in [0.3, 0.4) is 0 Å². The lowest BCUT2D eigenvalue weighted by molar-refractivity contribution is -0.138. The van der Waals surface area contributed by atoms with Crippen molar-refractivity contribution in [3.05, 3.63) is 65.9 Å². The van der Waals surface area contributed by atoms with Crippen LogP contribution in [0.1, 0.15) is 62.9 Å². The Morgan fingerprint density at radius 3 is 2.29 bits per heavy atom. The van der Waals surface area contributed by atoms with Crippen LogP contribution < -0.4 is 15.4 Å². The molecule has 0 unspecified atom stereocenters. The van der Waals surface area contributed by atoms with E-state index in [1.165, 1.54) is 21.3 Å². The van der Waals surface area contributed by atoms with Crippen LogP contribution in [0.15, 0.2) is 48.7 Å². The first-order valence-corrected chi connectivity index (χ1v) is 21.1. The van der Waals surface area contributed by atoms with Crippen molar-refractivity contribution in [2.24, 2.45) is 11.8 Å². The van der Waals surface area contributed by atoms with E-state index in [2.05, 4.69) is 45.7 Å². The summed E-state index contributed by atoms with van der Waals surface area (Å²) in [5.74, 6) is 1.56. The molecule has 5 heterocycles. The molecule has 0 radical (unpaired) electrons. The highest BCUT2D eigenvalue weighted by molar-refractivity contribution is 6.07. The van der Waals surface area contributed by atoms with E-state index in [4.69, 9.17) is 33.7 Å². The summed E-state index contributed by atoms with van der Waals surface area (Å²) in [6.07, 6.45) is -0.237. The van der Waals surface area contributed by atoms with Gasteiger partial charge >= 0.3 is 12.2 Å². The number of aromatic amines is 2. The number of imidazole rings is 2. The fraction of sp³-hybridized carbons (Fsp3) is 0.467. The summed E-state index contributed by atoms with van der Waals surface area (Å²) in [4.78, 5) is 71.8. The number of nitrogens with zero attached hydrogens (tertiary/aromatic N) is 4. The molecule has 2 saturated heterocycles. The number of carbonyl (C=O) groups excluding carboxylic acids is 3. The van der Waals surface area contributed by atoms with Crippen LogP contribution in [-0.4, -0.2) is 131 Å². The molecule has 2 aromatic heterocycles. The number of carboxylic acid groups (broad SMARTS) is 1. The third-order valence-corrected chi connectivity index (χ3v) is 12.7. The number of benzene rings is 3. The molecule has 4 amide bonds. The molecule has 18 nitrogen and oxygen atoms in total. The molecule has 8 atom stereocenters. The zero-order valence-corrected chi connectivity index (χ0v) is 36.4. The van der Waals surface area contributed by atoms with Gasteiger partial charge in [0.2, 0.25) is 11.8 Å². The Hall–Kier alpha value is -6.24. The Bertz CT molecular complexity index is 2540. The summed E-state index contributed by atoms with van der Waals surface area (Å²) in [7, 11) is 5.81. The number of carbonyl (C=O) groups is 4. The van der Waals surface area contributed by atoms with Gasteiger partial charge in [-0.1, -0.05) is 25.1 Å². The second-order valence-electron chi connectivity index (χ2n) is 16.8. The number of hydrogen-bond acceptors (Lipinski definition) is 11. The van der Waals surface area contributed by atoms with Crippen molar-refractivity contribution in [3.8, 4) is 28.1 Å². The molecule has 334 valence electrons. The third-order valence-electron chi connectivity index (χ3n) is 12.7. The smallest absolute Gasteiger partial charge is 0.407 e. The van der Waals surface area contributed by atoms with Crippen LogP contribution in [0.2, 0.25) is 0 Å². The van der Waals surface area contributed by atoms with E-state index in [9.17, 15) is 24.3 Å². The van der Waals surface area contributed by atoms with E-state index < -0.39 is 48.4 Å². The lowest BCUT2D eigenvalue weighted by atomic mass is 9.92. The minimum atomic E-state index is -1.31. The van der Waals surface area contributed by atoms with E-state index in [-0.39, 0.29) is 23.8 Å². The van der Waals surface area contributed by atoms with Gasteiger partial charge in [-0.05, 0) is 78.9 Å². The number of amides is 4. The molecule has 5 N–H and O–H groups in total. The van der Waals surface area contributed by atoms with Gasteiger partial charge in [-0.2, -0.15) is 0 Å². The van der Waals surface area contributed by atoms with Crippen molar-refractivity contribution in [3.63, 3.8) is 0 Å². The standard InChI is InChI=1S/C45H54N8O10/c1-22-12-34(52(18-22)43(55)38(24(3)61-6)51-45(58)62-7)40-46-17-33(48-40)27-8-10-29-28(14-27)21-63-36-16-30-26(15-31(29)36)9-11-32-39(30)49-41(47-32)35-13-25(20-59-4)19-53(35)42(54)37(23(2)60-5)50-44(56)57/h8-11,14-17,22-25,34-35,37-38,50H,12-13,18-21H2,1-7H3,(H,46,48)(H,47,49)(H,51,58)(H,56,57)/t22-,23+,24+,25-,34-,35-,37-,38-/m0/s1. The Morgan fingerprint density at radius 1 is 0.873 bits per heavy atom. The minimum Gasteiger partial charge on any atom is -0.488 e. The van der Waals surface area contributed by atoms with Crippen molar-refractivity contribution in [1.82, 2.24) is 40.4 Å². The van der Waals surface area contributed by atoms with E-state index in [0.717, 1.165) is 55.5 Å². The zero-order chi connectivity index (χ0) is 44.7. The molecule has 3 aromatic carbocycles.